The van der Waals surface area contributed by atoms with Crippen molar-refractivity contribution in [2.24, 2.45) is 0 Å². The summed E-state index contributed by atoms with van der Waals surface area (Å²) in [5, 5.41) is 11.2. The van der Waals surface area contributed by atoms with Gasteiger partial charge in [0.1, 0.15) is 0 Å². The van der Waals surface area contributed by atoms with Gasteiger partial charge in [-0.15, -0.1) is 0 Å². The van der Waals surface area contributed by atoms with Gasteiger partial charge in [0.15, 0.2) is 0 Å². The first-order valence-electron chi connectivity index (χ1n) is 8.96. The van der Waals surface area contributed by atoms with Crippen LogP contribution in [0.3, 0.4) is 0 Å². The van der Waals surface area contributed by atoms with Crippen molar-refractivity contribution in [3.05, 3.63) is 30.5 Å². The zero-order chi connectivity index (χ0) is 18.3. The smallest absolute Gasteiger partial charge is 0.220 e. The first kappa shape index (κ1) is 17.2. The molecule has 0 bridgehead atoms. The number of nitrogens with two attached hydrogens (primary N) is 1. The van der Waals surface area contributed by atoms with Crippen LogP contribution in [0.5, 0.6) is 0 Å². The van der Waals surface area contributed by atoms with E-state index in [2.05, 4.69) is 45.4 Å². The molecular formula is C19H25N5O2. The van der Waals surface area contributed by atoms with E-state index in [-0.39, 0.29) is 11.5 Å². The highest BCUT2D eigenvalue weighted by Crippen LogP contribution is 2.31. The summed E-state index contributed by atoms with van der Waals surface area (Å²) in [5.41, 5.74) is 8.46. The quantitative estimate of drug-likeness (QED) is 0.853. The van der Waals surface area contributed by atoms with Gasteiger partial charge in [0.25, 0.3) is 0 Å². The van der Waals surface area contributed by atoms with Gasteiger partial charge >= 0.3 is 0 Å². The summed E-state index contributed by atoms with van der Waals surface area (Å²) in [5.74, 6) is 0.280. The molecule has 0 aliphatic carbocycles. The number of fused-ring (bicyclic) bond motifs is 1. The van der Waals surface area contributed by atoms with Gasteiger partial charge in [0.2, 0.25) is 5.95 Å². The fourth-order valence-electron chi connectivity index (χ4n) is 3.95. The topological polar surface area (TPSA) is 87.7 Å². The third kappa shape index (κ3) is 2.82. The highest BCUT2D eigenvalue weighted by Gasteiger charge is 2.44. The third-order valence-electron chi connectivity index (χ3n) is 5.70. The number of nitrogens with zero attached hydrogens (tertiary/aromatic N) is 4. The maximum absolute atomic E-state index is 10.3. The second-order valence-electron chi connectivity index (χ2n) is 7.26. The molecule has 0 radical (unpaired) electrons. The van der Waals surface area contributed by atoms with Crippen molar-refractivity contribution < 1.29 is 9.84 Å². The van der Waals surface area contributed by atoms with Crippen LogP contribution >= 0.6 is 0 Å². The molecule has 3 N–H and O–H groups in total. The molecule has 2 unspecified atom stereocenters. The maximum atomic E-state index is 10.3. The molecule has 138 valence electrons. The van der Waals surface area contributed by atoms with Crippen LogP contribution in [0, 0.1) is 0 Å². The van der Waals surface area contributed by atoms with Gasteiger partial charge < -0.3 is 20.5 Å². The predicted molar refractivity (Wildman–Crippen MR) is 103 cm³/mol. The first-order chi connectivity index (χ1) is 12.5. The Hall–Kier alpha value is -2.22. The summed E-state index contributed by atoms with van der Waals surface area (Å²) < 4.78 is 5.49. The zero-order valence-corrected chi connectivity index (χ0v) is 15.1. The number of hydrogen-bond donors (Lipinski definition) is 2. The fraction of sp³-hybridized carbons (Fsp3) is 0.474. The lowest BCUT2D eigenvalue weighted by molar-refractivity contribution is 0.00883. The average molecular weight is 355 g/mol. The Balaban J connectivity index is 1.58. The van der Waals surface area contributed by atoms with E-state index in [0.717, 1.165) is 48.3 Å². The van der Waals surface area contributed by atoms with Gasteiger partial charge in [0, 0.05) is 43.4 Å². The Bertz CT molecular complexity index is 834. The number of aliphatic hydroxyl groups excluding tert-OH is 1. The average Bonchev–Trinajstić information content (AvgIpc) is 3.00. The van der Waals surface area contributed by atoms with E-state index >= 15 is 0 Å². The Morgan fingerprint density at radius 2 is 2.12 bits per heavy atom. The summed E-state index contributed by atoms with van der Waals surface area (Å²) in [6, 6.07) is 4.12. The summed E-state index contributed by atoms with van der Waals surface area (Å²) in [4.78, 5) is 13.1. The van der Waals surface area contributed by atoms with Crippen LogP contribution in [-0.2, 0) is 4.74 Å². The van der Waals surface area contributed by atoms with E-state index in [1.165, 1.54) is 0 Å². The highest BCUT2D eigenvalue weighted by molar-refractivity contribution is 5.87. The van der Waals surface area contributed by atoms with Crippen molar-refractivity contribution in [3.8, 4) is 0 Å². The number of rotatable bonds is 3. The lowest BCUT2D eigenvalue weighted by Gasteiger charge is -2.45. The van der Waals surface area contributed by atoms with Gasteiger partial charge in [0.05, 0.1) is 30.4 Å². The van der Waals surface area contributed by atoms with Crippen molar-refractivity contribution in [2.75, 3.05) is 50.0 Å². The second-order valence-corrected chi connectivity index (χ2v) is 7.26. The Morgan fingerprint density at radius 1 is 1.35 bits per heavy atom. The molecule has 2 fully saturated rings. The van der Waals surface area contributed by atoms with Crippen LogP contribution in [-0.4, -0.2) is 71.0 Å². The van der Waals surface area contributed by atoms with E-state index in [9.17, 15) is 5.11 Å². The lowest BCUT2D eigenvalue weighted by Crippen LogP contribution is -2.60. The molecule has 7 nitrogen and oxygen atoms in total. The van der Waals surface area contributed by atoms with E-state index in [1.54, 1.807) is 6.20 Å². The molecule has 7 heteroatoms. The number of nitrogen functional groups attached to an aromatic ring is 1. The number of hydrogen-bond acceptors (Lipinski definition) is 7. The first-order valence-corrected chi connectivity index (χ1v) is 8.96. The van der Waals surface area contributed by atoms with Crippen molar-refractivity contribution in [2.45, 2.75) is 18.6 Å². The summed E-state index contributed by atoms with van der Waals surface area (Å²) >= 11 is 0. The minimum absolute atomic E-state index is 0.280. The highest BCUT2D eigenvalue weighted by atomic mass is 16.5. The maximum Gasteiger partial charge on any atom is 0.220 e. The molecule has 1 aromatic carbocycles. The zero-order valence-electron chi connectivity index (χ0n) is 15.1. The van der Waals surface area contributed by atoms with Crippen molar-refractivity contribution in [3.63, 3.8) is 0 Å². The molecule has 0 saturated carbocycles. The van der Waals surface area contributed by atoms with Gasteiger partial charge in [-0.2, -0.15) is 0 Å². The minimum Gasteiger partial charge on any atom is -0.389 e. The van der Waals surface area contributed by atoms with E-state index in [1.807, 2.05) is 6.08 Å². The molecule has 0 spiro atoms. The fourth-order valence-corrected chi connectivity index (χ4v) is 3.95. The van der Waals surface area contributed by atoms with Crippen LogP contribution in [0.25, 0.3) is 17.0 Å². The van der Waals surface area contributed by atoms with Crippen LogP contribution in [0.1, 0.15) is 12.5 Å². The lowest BCUT2D eigenvalue weighted by atomic mass is 9.95. The summed E-state index contributed by atoms with van der Waals surface area (Å²) in [6.45, 7) is 10.5. The number of aromatic nitrogens is 2. The molecule has 2 saturated heterocycles. The minimum atomic E-state index is -0.432. The SMILES string of the molecule is C=Cc1cc2cnc(N)nc2cc1N1CCN(C2(C)COCC2O)CC1. The van der Waals surface area contributed by atoms with Crippen molar-refractivity contribution in [1.29, 1.82) is 0 Å². The van der Waals surface area contributed by atoms with Gasteiger partial charge in [-0.3, -0.25) is 4.90 Å². The molecule has 26 heavy (non-hydrogen) atoms. The number of aliphatic hydroxyl groups is 1. The van der Waals surface area contributed by atoms with Gasteiger partial charge in [-0.1, -0.05) is 12.7 Å². The molecular weight excluding hydrogens is 330 g/mol. The number of piperazine rings is 1. The van der Waals surface area contributed by atoms with Gasteiger partial charge in [-0.05, 0) is 24.6 Å². The molecule has 4 rings (SSSR count). The van der Waals surface area contributed by atoms with E-state index in [4.69, 9.17) is 10.5 Å². The summed E-state index contributed by atoms with van der Waals surface area (Å²) in [6.07, 6.45) is 3.18. The molecule has 2 atom stereocenters. The van der Waals surface area contributed by atoms with Crippen LogP contribution in [0.2, 0.25) is 0 Å². The predicted octanol–water partition coefficient (Wildman–Crippen LogP) is 1.13. The molecule has 2 aliphatic rings. The Kier molecular flexibility index (Phi) is 4.30. The van der Waals surface area contributed by atoms with Gasteiger partial charge in [-0.25, -0.2) is 9.97 Å². The number of ether oxygens (including phenoxy) is 1. The molecule has 1 aromatic heterocycles. The van der Waals surface area contributed by atoms with E-state index in [0.29, 0.717) is 13.2 Å². The normalized spacial score (nSPS) is 27.2. The number of benzene rings is 1. The molecule has 2 aliphatic heterocycles. The summed E-state index contributed by atoms with van der Waals surface area (Å²) in [7, 11) is 0. The Labute approximate surface area is 153 Å². The third-order valence-corrected chi connectivity index (χ3v) is 5.70. The van der Waals surface area contributed by atoms with E-state index < -0.39 is 6.10 Å². The molecule has 2 aromatic rings. The second kappa shape index (κ2) is 6.50. The Morgan fingerprint density at radius 3 is 2.77 bits per heavy atom. The van der Waals surface area contributed by atoms with Crippen LogP contribution in [0.15, 0.2) is 24.9 Å². The number of anilines is 2. The monoisotopic (exact) mass is 355 g/mol. The van der Waals surface area contributed by atoms with Crippen LogP contribution < -0.4 is 10.6 Å². The molecule has 3 heterocycles. The van der Waals surface area contributed by atoms with Crippen molar-refractivity contribution >= 4 is 28.6 Å². The standard InChI is InChI=1S/C19H25N5O2/c1-3-13-8-14-10-21-18(20)22-15(14)9-16(13)23-4-6-24(7-5-23)19(2)12-26-11-17(19)25/h3,8-10,17,25H,1,4-7,11-12H2,2H3,(H2,20,21,22). The van der Waals surface area contributed by atoms with Crippen molar-refractivity contribution in [1.82, 2.24) is 14.9 Å². The largest absolute Gasteiger partial charge is 0.389 e. The molecule has 0 amide bonds. The van der Waals surface area contributed by atoms with Crippen LogP contribution in [0.4, 0.5) is 11.6 Å².